The molecule has 0 spiro atoms. The normalized spacial score (nSPS) is 34.2. The first-order valence-corrected chi connectivity index (χ1v) is 5.64. The fraction of sp³-hybridized carbons (Fsp3) is 0.900. The summed E-state index contributed by atoms with van der Waals surface area (Å²) in [5.74, 6) is 0.570. The van der Waals surface area contributed by atoms with E-state index in [2.05, 4.69) is 5.32 Å². The van der Waals surface area contributed by atoms with Crippen molar-refractivity contribution >= 4 is 17.5 Å². The average molecular weight is 202 g/mol. The van der Waals surface area contributed by atoms with Gasteiger partial charge in [0.15, 0.2) is 0 Å². The third-order valence-corrected chi connectivity index (χ3v) is 3.51. The number of rotatable bonds is 2. The van der Waals surface area contributed by atoms with Crippen LogP contribution in [0.2, 0.25) is 0 Å². The van der Waals surface area contributed by atoms with Crippen LogP contribution in [0, 0.1) is 5.92 Å². The maximum atomic E-state index is 11.6. The highest BCUT2D eigenvalue weighted by Gasteiger charge is 2.31. The van der Waals surface area contributed by atoms with E-state index in [0.29, 0.717) is 17.3 Å². The molecule has 13 heavy (non-hydrogen) atoms. The zero-order valence-electron chi connectivity index (χ0n) is 7.76. The molecular weight excluding hydrogens is 186 g/mol. The van der Waals surface area contributed by atoms with Crippen molar-refractivity contribution in [3.63, 3.8) is 0 Å². The molecule has 2 nitrogen and oxygen atoms in total. The molecule has 0 unspecified atom stereocenters. The number of hydrogen-bond donors (Lipinski definition) is 1. The highest BCUT2D eigenvalue weighted by atomic mass is 35.5. The summed E-state index contributed by atoms with van der Waals surface area (Å²) in [7, 11) is 0. The number of nitrogens with one attached hydrogen (secondary N) is 1. The summed E-state index contributed by atoms with van der Waals surface area (Å²) in [5.41, 5.74) is 0. The second-order valence-electron chi connectivity index (χ2n) is 4.26. The van der Waals surface area contributed by atoms with Crippen LogP contribution in [-0.2, 0) is 4.79 Å². The number of carbonyl (C=O) groups excluding carboxylic acids is 1. The second-order valence-corrected chi connectivity index (χ2v) is 4.87. The number of alkyl halides is 1. The lowest BCUT2D eigenvalue weighted by Gasteiger charge is -2.32. The summed E-state index contributed by atoms with van der Waals surface area (Å²) >= 11 is 5.84. The fourth-order valence-electron chi connectivity index (χ4n) is 2.17. The maximum Gasteiger partial charge on any atom is 0.223 e. The average Bonchev–Trinajstić information content (AvgIpc) is 2.53. The van der Waals surface area contributed by atoms with E-state index in [0.717, 1.165) is 25.7 Å². The monoisotopic (exact) mass is 201 g/mol. The van der Waals surface area contributed by atoms with Crippen molar-refractivity contribution in [1.82, 2.24) is 5.32 Å². The largest absolute Gasteiger partial charge is 0.353 e. The molecule has 0 radical (unpaired) electrons. The van der Waals surface area contributed by atoms with E-state index in [9.17, 15) is 4.79 Å². The van der Waals surface area contributed by atoms with E-state index in [4.69, 9.17) is 11.6 Å². The van der Waals surface area contributed by atoms with Gasteiger partial charge in [0.2, 0.25) is 5.91 Å². The molecule has 0 atom stereocenters. The van der Waals surface area contributed by atoms with Gasteiger partial charge in [-0.2, -0.15) is 0 Å². The third kappa shape index (κ3) is 2.16. The molecule has 2 aliphatic carbocycles. The molecule has 3 heteroatoms. The van der Waals surface area contributed by atoms with Crippen LogP contribution in [0.4, 0.5) is 0 Å². The van der Waals surface area contributed by atoms with Crippen LogP contribution in [0.5, 0.6) is 0 Å². The summed E-state index contributed by atoms with van der Waals surface area (Å²) in [6.07, 6.45) is 6.54. The van der Waals surface area contributed by atoms with Crippen molar-refractivity contribution in [2.75, 3.05) is 0 Å². The van der Waals surface area contributed by atoms with E-state index in [1.54, 1.807) is 0 Å². The Morgan fingerprint density at radius 2 is 1.85 bits per heavy atom. The van der Waals surface area contributed by atoms with E-state index in [1.165, 1.54) is 12.8 Å². The van der Waals surface area contributed by atoms with Gasteiger partial charge in [-0.15, -0.1) is 11.6 Å². The van der Waals surface area contributed by atoms with Crippen LogP contribution in [0.3, 0.4) is 0 Å². The predicted molar refractivity (Wildman–Crippen MR) is 52.8 cm³/mol. The Labute approximate surface area is 84.0 Å². The number of hydrogen-bond acceptors (Lipinski definition) is 1. The van der Waals surface area contributed by atoms with Gasteiger partial charge < -0.3 is 5.32 Å². The Morgan fingerprint density at radius 1 is 1.23 bits per heavy atom. The first-order valence-electron chi connectivity index (χ1n) is 5.20. The van der Waals surface area contributed by atoms with Gasteiger partial charge in [-0.3, -0.25) is 4.79 Å². The molecule has 1 N–H and O–H groups in total. The Hall–Kier alpha value is -0.240. The highest BCUT2D eigenvalue weighted by molar-refractivity contribution is 6.21. The van der Waals surface area contributed by atoms with Crippen molar-refractivity contribution in [3.8, 4) is 0 Å². The molecule has 2 aliphatic rings. The molecule has 0 aliphatic heterocycles. The molecule has 0 aromatic heterocycles. The first kappa shape index (κ1) is 9.32. The van der Waals surface area contributed by atoms with E-state index >= 15 is 0 Å². The van der Waals surface area contributed by atoms with Crippen LogP contribution in [0.15, 0.2) is 0 Å². The van der Waals surface area contributed by atoms with Gasteiger partial charge >= 0.3 is 0 Å². The van der Waals surface area contributed by atoms with Gasteiger partial charge in [-0.25, -0.2) is 0 Å². The smallest absolute Gasteiger partial charge is 0.223 e. The van der Waals surface area contributed by atoms with Crippen molar-refractivity contribution in [2.45, 2.75) is 49.9 Å². The quantitative estimate of drug-likeness (QED) is 0.681. The molecule has 0 aromatic rings. The van der Waals surface area contributed by atoms with Crippen molar-refractivity contribution in [3.05, 3.63) is 0 Å². The lowest BCUT2D eigenvalue weighted by molar-refractivity contribution is -0.126. The van der Waals surface area contributed by atoms with Crippen molar-refractivity contribution < 1.29 is 4.79 Å². The summed E-state index contributed by atoms with van der Waals surface area (Å²) in [4.78, 5) is 11.6. The van der Waals surface area contributed by atoms with Gasteiger partial charge in [0.25, 0.3) is 0 Å². The zero-order valence-corrected chi connectivity index (χ0v) is 8.52. The Kier molecular flexibility index (Phi) is 2.77. The standard InChI is InChI=1S/C10H16ClNO/c11-8-5-9(6-8)12-10(13)7-3-1-2-4-7/h7-9H,1-6H2,(H,12,13). The third-order valence-electron chi connectivity index (χ3n) is 3.15. The summed E-state index contributed by atoms with van der Waals surface area (Å²) < 4.78 is 0. The minimum Gasteiger partial charge on any atom is -0.353 e. The SMILES string of the molecule is O=C(NC1CC(Cl)C1)C1CCCC1. The van der Waals surface area contributed by atoms with Crippen LogP contribution < -0.4 is 5.32 Å². The molecule has 1 amide bonds. The van der Waals surface area contributed by atoms with E-state index in [-0.39, 0.29) is 5.91 Å². The predicted octanol–water partition coefficient (Wildman–Crippen LogP) is 2.06. The Bertz CT molecular complexity index is 195. The van der Waals surface area contributed by atoms with E-state index in [1.807, 2.05) is 0 Å². The minimum absolute atomic E-state index is 0.270. The molecule has 2 fully saturated rings. The molecule has 2 rings (SSSR count). The zero-order chi connectivity index (χ0) is 9.26. The van der Waals surface area contributed by atoms with Gasteiger partial charge in [0.1, 0.15) is 0 Å². The number of carbonyl (C=O) groups is 1. The molecule has 0 heterocycles. The van der Waals surface area contributed by atoms with Gasteiger partial charge in [0, 0.05) is 17.3 Å². The van der Waals surface area contributed by atoms with Gasteiger partial charge in [-0.05, 0) is 25.7 Å². The molecule has 0 aromatic carbocycles. The molecular formula is C10H16ClNO. The fourth-order valence-corrected chi connectivity index (χ4v) is 2.60. The van der Waals surface area contributed by atoms with Crippen LogP contribution in [0.1, 0.15) is 38.5 Å². The molecule has 0 saturated heterocycles. The lowest BCUT2D eigenvalue weighted by atomic mass is 9.91. The maximum absolute atomic E-state index is 11.6. The Balaban J connectivity index is 1.72. The van der Waals surface area contributed by atoms with Gasteiger partial charge in [0.05, 0.1) is 0 Å². The first-order chi connectivity index (χ1) is 6.25. The number of amides is 1. The number of halogens is 1. The van der Waals surface area contributed by atoms with E-state index < -0.39 is 0 Å². The summed E-state index contributed by atoms with van der Waals surface area (Å²) in [5, 5.41) is 3.37. The summed E-state index contributed by atoms with van der Waals surface area (Å²) in [6, 6.07) is 0.371. The molecule has 0 bridgehead atoms. The lowest BCUT2D eigenvalue weighted by Crippen LogP contribution is -2.46. The highest BCUT2D eigenvalue weighted by Crippen LogP contribution is 2.28. The van der Waals surface area contributed by atoms with Crippen molar-refractivity contribution in [1.29, 1.82) is 0 Å². The molecule has 74 valence electrons. The minimum atomic E-state index is 0.270. The Morgan fingerprint density at radius 3 is 2.38 bits per heavy atom. The second kappa shape index (κ2) is 3.87. The van der Waals surface area contributed by atoms with Crippen molar-refractivity contribution in [2.24, 2.45) is 5.92 Å². The van der Waals surface area contributed by atoms with Crippen LogP contribution in [-0.4, -0.2) is 17.3 Å². The van der Waals surface area contributed by atoms with Crippen LogP contribution in [0.25, 0.3) is 0 Å². The molecule has 2 saturated carbocycles. The van der Waals surface area contributed by atoms with Gasteiger partial charge in [-0.1, -0.05) is 12.8 Å². The topological polar surface area (TPSA) is 29.1 Å². The van der Waals surface area contributed by atoms with Crippen LogP contribution >= 0.6 is 11.6 Å². The summed E-state index contributed by atoms with van der Waals surface area (Å²) in [6.45, 7) is 0.